The molecule has 19 heavy (non-hydrogen) atoms. The molecule has 0 saturated heterocycles. The summed E-state index contributed by atoms with van der Waals surface area (Å²) < 4.78 is 0. The lowest BCUT2D eigenvalue weighted by molar-refractivity contribution is 0.0779. The van der Waals surface area contributed by atoms with Gasteiger partial charge in [0, 0.05) is 11.8 Å². The van der Waals surface area contributed by atoms with E-state index in [1.54, 1.807) is 0 Å². The van der Waals surface area contributed by atoms with Gasteiger partial charge in [0.05, 0.1) is 6.04 Å². The first-order chi connectivity index (χ1) is 9.29. The largest absolute Gasteiger partial charge is 0.311 e. The Labute approximate surface area is 114 Å². The highest BCUT2D eigenvalue weighted by molar-refractivity contribution is 5.69. The molecule has 1 aromatic carbocycles. The topological polar surface area (TPSA) is 18.8 Å². The van der Waals surface area contributed by atoms with E-state index in [0.717, 1.165) is 12.8 Å². The van der Waals surface area contributed by atoms with Gasteiger partial charge in [0.2, 0.25) is 0 Å². The zero-order chi connectivity index (χ0) is 13.0. The summed E-state index contributed by atoms with van der Waals surface area (Å²) in [5.74, 6) is 0.638. The zero-order valence-corrected chi connectivity index (χ0v) is 11.5. The molecule has 0 saturated carbocycles. The molecule has 3 unspecified atom stereocenters. The first kappa shape index (κ1) is 11.1. The van der Waals surface area contributed by atoms with Crippen LogP contribution in [0, 0.1) is 5.92 Å². The fourth-order valence-electron chi connectivity index (χ4n) is 3.82. The van der Waals surface area contributed by atoms with Gasteiger partial charge >= 0.3 is 0 Å². The fourth-order valence-corrected chi connectivity index (χ4v) is 3.82. The summed E-state index contributed by atoms with van der Waals surface area (Å²) in [4.78, 5) is 2.24. The van der Waals surface area contributed by atoms with Crippen molar-refractivity contribution in [3.63, 3.8) is 0 Å². The number of hydrogen-bond donors (Lipinski definition) is 0. The van der Waals surface area contributed by atoms with Gasteiger partial charge in [-0.2, -0.15) is 5.10 Å². The maximum absolute atomic E-state index is 4.69. The van der Waals surface area contributed by atoms with Crippen molar-refractivity contribution in [1.29, 1.82) is 0 Å². The average Bonchev–Trinajstić information content (AvgIpc) is 2.79. The van der Waals surface area contributed by atoms with E-state index in [1.165, 1.54) is 16.7 Å². The second-order valence-corrected chi connectivity index (χ2v) is 5.82. The van der Waals surface area contributed by atoms with E-state index >= 15 is 0 Å². The normalized spacial score (nSPS) is 30.5. The minimum Gasteiger partial charge on any atom is -0.311 e. The molecule has 0 amide bonds. The van der Waals surface area contributed by atoms with Crippen LogP contribution in [0.2, 0.25) is 0 Å². The third kappa shape index (κ3) is 1.41. The molecule has 0 radical (unpaired) electrons. The third-order valence-corrected chi connectivity index (χ3v) is 4.72. The van der Waals surface area contributed by atoms with Crippen molar-refractivity contribution in [1.82, 2.24) is 9.91 Å². The lowest BCUT2D eigenvalue weighted by atomic mass is 9.90. The summed E-state index contributed by atoms with van der Waals surface area (Å²) in [6.45, 7) is 4.63. The lowest BCUT2D eigenvalue weighted by Gasteiger charge is -2.36. The monoisotopic (exact) mass is 253 g/mol. The minimum absolute atomic E-state index is 0.283. The maximum Gasteiger partial charge on any atom is 0.150 e. The first-order valence-electron chi connectivity index (χ1n) is 7.19. The first-order valence-corrected chi connectivity index (χ1v) is 7.19. The molecule has 3 aliphatic heterocycles. The van der Waals surface area contributed by atoms with Crippen LogP contribution in [0.1, 0.15) is 43.1 Å². The summed E-state index contributed by atoms with van der Waals surface area (Å²) in [5, 5.41) is 7.01. The molecule has 3 aliphatic rings. The van der Waals surface area contributed by atoms with Crippen LogP contribution in [-0.4, -0.2) is 22.3 Å². The highest BCUT2D eigenvalue weighted by Gasteiger charge is 2.41. The van der Waals surface area contributed by atoms with Gasteiger partial charge in [0.15, 0.2) is 0 Å². The Balaban J connectivity index is 1.93. The Morgan fingerprint density at radius 2 is 2.26 bits per heavy atom. The Morgan fingerprint density at radius 1 is 1.37 bits per heavy atom. The second-order valence-electron chi connectivity index (χ2n) is 5.82. The molecular formula is C16H19N3. The molecule has 0 aliphatic carbocycles. The Hall–Kier alpha value is -1.77. The van der Waals surface area contributed by atoms with Crippen LogP contribution in [-0.2, 0) is 6.42 Å². The Bertz CT molecular complexity index is 575. The predicted octanol–water partition coefficient (Wildman–Crippen LogP) is 3.20. The summed E-state index contributed by atoms with van der Waals surface area (Å²) >= 11 is 0. The summed E-state index contributed by atoms with van der Waals surface area (Å²) in [5.41, 5.74) is 4.32. The van der Waals surface area contributed by atoms with Gasteiger partial charge in [-0.05, 0) is 36.0 Å². The second kappa shape index (κ2) is 3.86. The van der Waals surface area contributed by atoms with E-state index in [4.69, 9.17) is 0 Å². The molecule has 98 valence electrons. The van der Waals surface area contributed by atoms with E-state index in [2.05, 4.69) is 59.3 Å². The van der Waals surface area contributed by atoms with Gasteiger partial charge in [0.1, 0.15) is 12.5 Å². The van der Waals surface area contributed by atoms with Crippen LogP contribution in [0.5, 0.6) is 0 Å². The molecule has 3 heterocycles. The molecule has 3 heteroatoms. The van der Waals surface area contributed by atoms with Gasteiger partial charge in [-0.1, -0.05) is 32.0 Å². The van der Waals surface area contributed by atoms with Crippen molar-refractivity contribution < 1.29 is 0 Å². The average molecular weight is 253 g/mol. The van der Waals surface area contributed by atoms with Gasteiger partial charge in [0.25, 0.3) is 0 Å². The summed E-state index contributed by atoms with van der Waals surface area (Å²) in [6, 6.07) is 7.23. The molecule has 4 rings (SSSR count). The number of nitrogens with zero attached hydrogens (tertiary/aromatic N) is 3. The van der Waals surface area contributed by atoms with Crippen LogP contribution in [0.4, 0.5) is 0 Å². The van der Waals surface area contributed by atoms with E-state index in [9.17, 15) is 0 Å². The maximum atomic E-state index is 4.69. The van der Waals surface area contributed by atoms with Gasteiger partial charge in [-0.15, -0.1) is 0 Å². The summed E-state index contributed by atoms with van der Waals surface area (Å²) in [7, 11) is 0. The molecule has 0 fully saturated rings. The van der Waals surface area contributed by atoms with Crippen LogP contribution in [0.3, 0.4) is 0 Å². The Morgan fingerprint density at radius 3 is 3.11 bits per heavy atom. The quantitative estimate of drug-likeness (QED) is 0.765. The van der Waals surface area contributed by atoms with Crippen molar-refractivity contribution in [3.8, 4) is 0 Å². The predicted molar refractivity (Wildman–Crippen MR) is 77.3 cm³/mol. The molecule has 0 bridgehead atoms. The van der Waals surface area contributed by atoms with Crippen LogP contribution >= 0.6 is 0 Å². The highest BCUT2D eigenvalue weighted by Crippen LogP contribution is 2.43. The number of benzene rings is 1. The smallest absolute Gasteiger partial charge is 0.150 e. The third-order valence-electron chi connectivity index (χ3n) is 4.72. The van der Waals surface area contributed by atoms with Crippen molar-refractivity contribution in [3.05, 3.63) is 41.1 Å². The molecule has 0 N–H and O–H groups in total. The molecule has 0 aromatic heterocycles. The van der Waals surface area contributed by atoms with Crippen LogP contribution in [0.15, 0.2) is 29.5 Å². The molecule has 3 nitrogen and oxygen atoms in total. The minimum atomic E-state index is 0.283. The molecular weight excluding hydrogens is 234 g/mol. The van der Waals surface area contributed by atoms with E-state index in [1.807, 2.05) is 6.34 Å². The molecule has 3 atom stereocenters. The van der Waals surface area contributed by atoms with Gasteiger partial charge in [-0.3, -0.25) is 5.01 Å². The zero-order valence-electron chi connectivity index (χ0n) is 11.5. The number of hydrogen-bond acceptors (Lipinski definition) is 3. The van der Waals surface area contributed by atoms with Crippen molar-refractivity contribution in [2.24, 2.45) is 11.0 Å². The Kier molecular flexibility index (Phi) is 2.25. The molecule has 0 spiro atoms. The van der Waals surface area contributed by atoms with Crippen molar-refractivity contribution in [2.45, 2.75) is 38.9 Å². The standard InChI is InChI=1S/C16H19N3/c1-3-14-11(2)9-13-6-4-5-12-7-8-18-10-17-19(14)16(18)15(12)13/h4-8,10-11,14,16H,3,9H2,1-2H3. The van der Waals surface area contributed by atoms with E-state index < -0.39 is 0 Å². The molecule has 1 aromatic rings. The fraction of sp³-hybridized carbons (Fsp3) is 0.438. The number of rotatable bonds is 1. The van der Waals surface area contributed by atoms with Gasteiger partial charge < -0.3 is 4.90 Å². The van der Waals surface area contributed by atoms with E-state index in [-0.39, 0.29) is 6.17 Å². The summed E-state index contributed by atoms with van der Waals surface area (Å²) in [6.07, 6.45) is 8.93. The van der Waals surface area contributed by atoms with Crippen molar-refractivity contribution >= 4 is 12.4 Å². The highest BCUT2D eigenvalue weighted by atomic mass is 15.6. The van der Waals surface area contributed by atoms with Crippen LogP contribution in [0.25, 0.3) is 6.08 Å². The van der Waals surface area contributed by atoms with E-state index in [0.29, 0.717) is 12.0 Å². The number of hydrazone groups is 1. The SMILES string of the molecule is CCC1C(C)Cc2cccc3c2C2N(C=C3)C=NN12. The van der Waals surface area contributed by atoms with Gasteiger partial charge in [-0.25, -0.2) is 0 Å². The van der Waals surface area contributed by atoms with Crippen molar-refractivity contribution in [2.75, 3.05) is 0 Å². The lowest BCUT2D eigenvalue weighted by Crippen LogP contribution is -2.38. The van der Waals surface area contributed by atoms with Crippen LogP contribution < -0.4 is 0 Å².